The Labute approximate surface area is 128 Å². The molecule has 0 heterocycles. The van der Waals surface area contributed by atoms with Crippen LogP contribution in [0.25, 0.3) is 0 Å². The summed E-state index contributed by atoms with van der Waals surface area (Å²) in [6.07, 6.45) is 0.996. The lowest BCUT2D eigenvalue weighted by atomic mass is 10.1. The second-order valence-electron chi connectivity index (χ2n) is 4.80. The van der Waals surface area contributed by atoms with Gasteiger partial charge in [-0.2, -0.15) is 0 Å². The van der Waals surface area contributed by atoms with Crippen molar-refractivity contribution < 1.29 is 8.78 Å². The first-order valence-corrected chi connectivity index (χ1v) is 8.05. The van der Waals surface area contributed by atoms with Gasteiger partial charge in [-0.25, -0.2) is 8.78 Å². The van der Waals surface area contributed by atoms with E-state index in [0.717, 1.165) is 18.5 Å². The van der Waals surface area contributed by atoms with Crippen LogP contribution in [0.4, 0.5) is 8.78 Å². The average Bonchev–Trinajstić information content (AvgIpc) is 2.49. The highest BCUT2D eigenvalue weighted by Gasteiger charge is 2.13. The summed E-state index contributed by atoms with van der Waals surface area (Å²) >= 11 is 1.45. The molecule has 0 aliphatic rings. The Hall–Kier alpha value is -1.39. The van der Waals surface area contributed by atoms with E-state index in [2.05, 4.69) is 12.2 Å². The fourth-order valence-electron chi connectivity index (χ4n) is 2.05. The summed E-state index contributed by atoms with van der Waals surface area (Å²) in [6, 6.07) is 13.3. The second kappa shape index (κ2) is 8.15. The lowest BCUT2D eigenvalue weighted by Gasteiger charge is -2.19. The molecule has 21 heavy (non-hydrogen) atoms. The van der Waals surface area contributed by atoms with Gasteiger partial charge in [0.15, 0.2) is 0 Å². The molecule has 1 atom stereocenters. The molecule has 0 amide bonds. The summed E-state index contributed by atoms with van der Waals surface area (Å²) in [5.74, 6) is 0.201. The standard InChI is InChI=1S/C17H19F2NS/c1-2-10-20-16(13-6-5-7-14(18)11-13)12-21-17-9-4-3-8-15(17)19/h3-9,11,16,20H,2,10,12H2,1H3. The molecule has 1 unspecified atom stereocenters. The first-order chi connectivity index (χ1) is 10.2. The van der Waals surface area contributed by atoms with Crippen LogP contribution in [0.2, 0.25) is 0 Å². The third-order valence-corrected chi connectivity index (χ3v) is 4.28. The zero-order valence-electron chi connectivity index (χ0n) is 12.0. The molecule has 2 aromatic carbocycles. The zero-order valence-corrected chi connectivity index (χ0v) is 12.8. The Morgan fingerprint density at radius 3 is 2.62 bits per heavy atom. The van der Waals surface area contributed by atoms with Crippen LogP contribution in [0.5, 0.6) is 0 Å². The van der Waals surface area contributed by atoms with Gasteiger partial charge < -0.3 is 5.32 Å². The van der Waals surface area contributed by atoms with E-state index in [0.29, 0.717) is 10.6 Å². The van der Waals surface area contributed by atoms with Gasteiger partial charge in [0, 0.05) is 16.7 Å². The van der Waals surface area contributed by atoms with Crippen LogP contribution in [-0.4, -0.2) is 12.3 Å². The van der Waals surface area contributed by atoms with E-state index in [1.54, 1.807) is 18.2 Å². The molecule has 0 saturated carbocycles. The second-order valence-corrected chi connectivity index (χ2v) is 5.86. The summed E-state index contributed by atoms with van der Waals surface area (Å²) in [7, 11) is 0. The van der Waals surface area contributed by atoms with E-state index < -0.39 is 0 Å². The maximum atomic E-state index is 13.7. The quantitative estimate of drug-likeness (QED) is 0.738. The number of benzene rings is 2. The van der Waals surface area contributed by atoms with Gasteiger partial charge in [0.2, 0.25) is 0 Å². The third kappa shape index (κ3) is 4.83. The molecule has 0 aromatic heterocycles. The SMILES string of the molecule is CCCNC(CSc1ccccc1F)c1cccc(F)c1. The molecule has 1 nitrogen and oxygen atoms in total. The minimum absolute atomic E-state index is 0.00487. The van der Waals surface area contributed by atoms with Crippen LogP contribution in [-0.2, 0) is 0 Å². The van der Waals surface area contributed by atoms with Gasteiger partial charge in [-0.15, -0.1) is 11.8 Å². The van der Waals surface area contributed by atoms with Crippen molar-refractivity contribution >= 4 is 11.8 Å². The van der Waals surface area contributed by atoms with Gasteiger partial charge in [0.25, 0.3) is 0 Å². The highest BCUT2D eigenvalue weighted by Crippen LogP contribution is 2.27. The van der Waals surface area contributed by atoms with Gasteiger partial charge in [0.1, 0.15) is 11.6 Å². The van der Waals surface area contributed by atoms with Crippen molar-refractivity contribution in [1.29, 1.82) is 0 Å². The van der Waals surface area contributed by atoms with Crippen molar-refractivity contribution in [3.8, 4) is 0 Å². The lowest BCUT2D eigenvalue weighted by molar-refractivity contribution is 0.566. The molecule has 0 bridgehead atoms. The third-order valence-electron chi connectivity index (χ3n) is 3.13. The predicted molar refractivity (Wildman–Crippen MR) is 84.6 cm³/mol. The Balaban J connectivity index is 2.08. The Morgan fingerprint density at radius 1 is 1.10 bits per heavy atom. The van der Waals surface area contributed by atoms with Crippen molar-refractivity contribution in [1.82, 2.24) is 5.32 Å². The molecule has 112 valence electrons. The van der Waals surface area contributed by atoms with Crippen molar-refractivity contribution in [3.63, 3.8) is 0 Å². The van der Waals surface area contributed by atoms with E-state index in [1.165, 1.54) is 30.0 Å². The van der Waals surface area contributed by atoms with E-state index in [-0.39, 0.29) is 17.7 Å². The molecule has 0 saturated heterocycles. The van der Waals surface area contributed by atoms with Crippen LogP contribution >= 0.6 is 11.8 Å². The molecule has 0 radical (unpaired) electrons. The minimum Gasteiger partial charge on any atom is -0.309 e. The summed E-state index contributed by atoms with van der Waals surface area (Å²) < 4.78 is 27.0. The van der Waals surface area contributed by atoms with Crippen LogP contribution in [0.3, 0.4) is 0 Å². The van der Waals surface area contributed by atoms with Crippen molar-refractivity contribution in [2.75, 3.05) is 12.3 Å². The fraction of sp³-hybridized carbons (Fsp3) is 0.294. The molecule has 0 spiro atoms. The smallest absolute Gasteiger partial charge is 0.136 e. The number of thioether (sulfide) groups is 1. The summed E-state index contributed by atoms with van der Waals surface area (Å²) in [5, 5.41) is 3.39. The van der Waals surface area contributed by atoms with E-state index >= 15 is 0 Å². The Bertz CT molecular complexity index is 574. The van der Waals surface area contributed by atoms with Gasteiger partial charge in [-0.3, -0.25) is 0 Å². The molecule has 1 N–H and O–H groups in total. The Morgan fingerprint density at radius 2 is 1.90 bits per heavy atom. The molecule has 0 fully saturated rings. The van der Waals surface area contributed by atoms with Crippen LogP contribution in [0, 0.1) is 11.6 Å². The number of halogens is 2. The molecule has 2 rings (SSSR count). The monoisotopic (exact) mass is 307 g/mol. The van der Waals surface area contributed by atoms with Gasteiger partial charge in [-0.1, -0.05) is 31.2 Å². The topological polar surface area (TPSA) is 12.0 Å². The van der Waals surface area contributed by atoms with Crippen molar-refractivity contribution in [2.45, 2.75) is 24.3 Å². The fourth-order valence-corrected chi connectivity index (χ4v) is 3.09. The van der Waals surface area contributed by atoms with Crippen molar-refractivity contribution in [3.05, 3.63) is 65.7 Å². The van der Waals surface area contributed by atoms with Crippen LogP contribution in [0.15, 0.2) is 53.4 Å². The van der Waals surface area contributed by atoms with Gasteiger partial charge in [-0.05, 0) is 42.8 Å². The van der Waals surface area contributed by atoms with Gasteiger partial charge in [0.05, 0.1) is 0 Å². The number of hydrogen-bond acceptors (Lipinski definition) is 2. The Kier molecular flexibility index (Phi) is 6.21. The maximum Gasteiger partial charge on any atom is 0.136 e. The zero-order chi connectivity index (χ0) is 15.1. The molecular weight excluding hydrogens is 288 g/mol. The largest absolute Gasteiger partial charge is 0.309 e. The summed E-state index contributed by atoms with van der Waals surface area (Å²) in [6.45, 7) is 2.93. The number of rotatable bonds is 7. The number of hydrogen-bond donors (Lipinski definition) is 1. The normalized spacial score (nSPS) is 12.3. The predicted octanol–water partition coefficient (Wildman–Crippen LogP) is 4.80. The maximum absolute atomic E-state index is 13.7. The van der Waals surface area contributed by atoms with Crippen LogP contribution in [0.1, 0.15) is 24.9 Å². The molecule has 4 heteroatoms. The van der Waals surface area contributed by atoms with Crippen LogP contribution < -0.4 is 5.32 Å². The molecule has 0 aliphatic carbocycles. The highest BCUT2D eigenvalue weighted by molar-refractivity contribution is 7.99. The summed E-state index contributed by atoms with van der Waals surface area (Å²) in [4.78, 5) is 0.622. The number of nitrogens with one attached hydrogen (secondary N) is 1. The first kappa shape index (κ1) is 16.0. The first-order valence-electron chi connectivity index (χ1n) is 7.07. The van der Waals surface area contributed by atoms with Crippen molar-refractivity contribution in [2.24, 2.45) is 0 Å². The summed E-state index contributed by atoms with van der Waals surface area (Å²) in [5.41, 5.74) is 0.896. The molecule has 0 aliphatic heterocycles. The lowest BCUT2D eigenvalue weighted by Crippen LogP contribution is -2.24. The highest BCUT2D eigenvalue weighted by atomic mass is 32.2. The molecular formula is C17H19F2NS. The minimum atomic E-state index is -0.244. The van der Waals surface area contributed by atoms with Gasteiger partial charge >= 0.3 is 0 Å². The van der Waals surface area contributed by atoms with E-state index in [4.69, 9.17) is 0 Å². The molecule has 2 aromatic rings. The van der Waals surface area contributed by atoms with E-state index in [1.807, 2.05) is 12.1 Å². The van der Waals surface area contributed by atoms with E-state index in [9.17, 15) is 8.78 Å². The average molecular weight is 307 g/mol.